The Morgan fingerprint density at radius 3 is 2.38 bits per heavy atom. The Labute approximate surface area is 49.2 Å². The standard InChI is InChI=1S/C5H11NO2/c1-3-6(5-7)8-4-2/h5H,3-4H2,1-2H3. The van der Waals surface area contributed by atoms with Crippen molar-refractivity contribution in [3.05, 3.63) is 0 Å². The smallest absolute Gasteiger partial charge is 0.233 e. The lowest BCUT2D eigenvalue weighted by Crippen LogP contribution is -2.21. The van der Waals surface area contributed by atoms with Gasteiger partial charge in [-0.15, -0.1) is 0 Å². The second kappa shape index (κ2) is 4.59. The van der Waals surface area contributed by atoms with Crippen LogP contribution in [0.15, 0.2) is 0 Å². The van der Waals surface area contributed by atoms with Gasteiger partial charge >= 0.3 is 0 Å². The number of carbonyl (C=O) groups is 1. The molecule has 0 aliphatic carbocycles. The fourth-order valence-corrected chi connectivity index (χ4v) is 0.362. The molecule has 0 heterocycles. The molecule has 0 fully saturated rings. The highest BCUT2D eigenvalue weighted by Crippen LogP contribution is 1.81. The molecule has 48 valence electrons. The van der Waals surface area contributed by atoms with Gasteiger partial charge in [0.25, 0.3) is 0 Å². The Hall–Kier alpha value is -0.570. The van der Waals surface area contributed by atoms with Crippen molar-refractivity contribution in [2.75, 3.05) is 13.2 Å². The molecule has 0 unspecified atom stereocenters. The van der Waals surface area contributed by atoms with Crippen LogP contribution in [0.5, 0.6) is 0 Å². The molecule has 0 saturated heterocycles. The van der Waals surface area contributed by atoms with E-state index in [0.717, 1.165) is 0 Å². The highest BCUT2D eigenvalue weighted by molar-refractivity contribution is 5.44. The summed E-state index contributed by atoms with van der Waals surface area (Å²) in [5.41, 5.74) is 0. The highest BCUT2D eigenvalue weighted by atomic mass is 16.7. The minimum atomic E-state index is 0.548. The Morgan fingerprint density at radius 1 is 1.62 bits per heavy atom. The van der Waals surface area contributed by atoms with E-state index in [2.05, 4.69) is 0 Å². The van der Waals surface area contributed by atoms with Crippen LogP contribution >= 0.6 is 0 Å². The summed E-state index contributed by atoms with van der Waals surface area (Å²) in [5.74, 6) is 0. The first kappa shape index (κ1) is 7.43. The second-order valence-corrected chi connectivity index (χ2v) is 1.26. The largest absolute Gasteiger partial charge is 0.276 e. The summed E-state index contributed by atoms with van der Waals surface area (Å²) in [4.78, 5) is 14.7. The lowest BCUT2D eigenvalue weighted by atomic mass is 10.7. The third-order valence-corrected chi connectivity index (χ3v) is 0.724. The molecule has 8 heavy (non-hydrogen) atoms. The van der Waals surface area contributed by atoms with Gasteiger partial charge in [-0.25, -0.2) is 5.06 Å². The van der Waals surface area contributed by atoms with Crippen molar-refractivity contribution in [3.63, 3.8) is 0 Å². The van der Waals surface area contributed by atoms with E-state index in [1.54, 1.807) is 0 Å². The highest BCUT2D eigenvalue weighted by Gasteiger charge is 1.91. The van der Waals surface area contributed by atoms with E-state index in [0.29, 0.717) is 19.6 Å². The van der Waals surface area contributed by atoms with Crippen LogP contribution in [0, 0.1) is 0 Å². The van der Waals surface area contributed by atoms with Gasteiger partial charge in [-0.2, -0.15) is 0 Å². The van der Waals surface area contributed by atoms with Gasteiger partial charge in [0.1, 0.15) is 0 Å². The predicted molar refractivity (Wildman–Crippen MR) is 30.1 cm³/mol. The maximum atomic E-state index is 9.93. The molecule has 0 atom stereocenters. The monoisotopic (exact) mass is 117 g/mol. The van der Waals surface area contributed by atoms with Crippen LogP contribution in [-0.2, 0) is 9.63 Å². The van der Waals surface area contributed by atoms with Crippen LogP contribution in [0.25, 0.3) is 0 Å². The van der Waals surface area contributed by atoms with Gasteiger partial charge in [0.2, 0.25) is 6.41 Å². The molecule has 0 rings (SSSR count). The Morgan fingerprint density at radius 2 is 2.25 bits per heavy atom. The first-order valence-electron chi connectivity index (χ1n) is 2.70. The summed E-state index contributed by atoms with van der Waals surface area (Å²) < 4.78 is 0. The summed E-state index contributed by atoms with van der Waals surface area (Å²) in [7, 11) is 0. The van der Waals surface area contributed by atoms with Crippen LogP contribution in [0.2, 0.25) is 0 Å². The Bertz CT molecular complexity index is 65.4. The normalized spacial score (nSPS) is 8.75. The lowest BCUT2D eigenvalue weighted by molar-refractivity contribution is -0.168. The predicted octanol–water partition coefficient (Wildman–Crippen LogP) is 0.416. The summed E-state index contributed by atoms with van der Waals surface area (Å²) in [6, 6.07) is 0. The Balaban J connectivity index is 3.21. The maximum absolute atomic E-state index is 9.93. The van der Waals surface area contributed by atoms with E-state index >= 15 is 0 Å². The number of rotatable bonds is 4. The molecule has 0 aromatic carbocycles. The van der Waals surface area contributed by atoms with Crippen molar-refractivity contribution in [2.24, 2.45) is 0 Å². The molecule has 3 heteroatoms. The number of hydrogen-bond acceptors (Lipinski definition) is 2. The van der Waals surface area contributed by atoms with E-state index < -0.39 is 0 Å². The van der Waals surface area contributed by atoms with Crippen molar-refractivity contribution in [1.82, 2.24) is 5.06 Å². The van der Waals surface area contributed by atoms with Gasteiger partial charge in [0, 0.05) is 6.54 Å². The molecule has 0 aliphatic heterocycles. The van der Waals surface area contributed by atoms with Crippen molar-refractivity contribution >= 4 is 6.41 Å². The third kappa shape index (κ3) is 2.58. The van der Waals surface area contributed by atoms with Crippen molar-refractivity contribution < 1.29 is 9.63 Å². The van der Waals surface area contributed by atoms with Gasteiger partial charge < -0.3 is 0 Å². The van der Waals surface area contributed by atoms with Gasteiger partial charge in [-0.3, -0.25) is 9.63 Å². The minimum absolute atomic E-state index is 0.548. The summed E-state index contributed by atoms with van der Waals surface area (Å²) in [5, 5.41) is 1.25. The van der Waals surface area contributed by atoms with Crippen LogP contribution in [0.3, 0.4) is 0 Å². The molecule has 0 aromatic heterocycles. The zero-order valence-corrected chi connectivity index (χ0v) is 5.26. The SMILES string of the molecule is CCON(C=O)CC. The Kier molecular flexibility index (Phi) is 4.26. The van der Waals surface area contributed by atoms with Crippen molar-refractivity contribution in [2.45, 2.75) is 13.8 Å². The number of hydroxylamine groups is 2. The number of nitrogens with zero attached hydrogens (tertiary/aromatic N) is 1. The summed E-state index contributed by atoms with van der Waals surface area (Å²) in [6.45, 7) is 4.85. The molecule has 0 radical (unpaired) electrons. The number of carbonyl (C=O) groups excluding carboxylic acids is 1. The van der Waals surface area contributed by atoms with E-state index in [9.17, 15) is 4.79 Å². The third-order valence-electron chi connectivity index (χ3n) is 0.724. The molecule has 0 spiro atoms. The van der Waals surface area contributed by atoms with Crippen molar-refractivity contribution in [3.8, 4) is 0 Å². The summed E-state index contributed by atoms with van der Waals surface area (Å²) >= 11 is 0. The zero-order valence-electron chi connectivity index (χ0n) is 5.26. The molecule has 3 nitrogen and oxygen atoms in total. The quantitative estimate of drug-likeness (QED) is 0.394. The molecule has 1 amide bonds. The average Bonchev–Trinajstić information content (AvgIpc) is 1.83. The van der Waals surface area contributed by atoms with Crippen LogP contribution < -0.4 is 0 Å². The topological polar surface area (TPSA) is 29.5 Å². The van der Waals surface area contributed by atoms with Gasteiger partial charge in [0.05, 0.1) is 6.61 Å². The number of amides is 1. The van der Waals surface area contributed by atoms with Gasteiger partial charge in [-0.1, -0.05) is 0 Å². The van der Waals surface area contributed by atoms with Crippen LogP contribution in [0.1, 0.15) is 13.8 Å². The molecular weight excluding hydrogens is 106 g/mol. The second-order valence-electron chi connectivity index (χ2n) is 1.26. The maximum Gasteiger partial charge on any atom is 0.233 e. The fourth-order valence-electron chi connectivity index (χ4n) is 0.362. The lowest BCUT2D eigenvalue weighted by Gasteiger charge is -2.11. The van der Waals surface area contributed by atoms with Gasteiger partial charge in [-0.05, 0) is 13.8 Å². The molecule has 0 saturated carbocycles. The minimum Gasteiger partial charge on any atom is -0.276 e. The van der Waals surface area contributed by atoms with E-state index in [4.69, 9.17) is 4.84 Å². The van der Waals surface area contributed by atoms with Crippen molar-refractivity contribution in [1.29, 1.82) is 0 Å². The fraction of sp³-hybridized carbons (Fsp3) is 0.800. The van der Waals surface area contributed by atoms with Crippen LogP contribution in [-0.4, -0.2) is 24.6 Å². The van der Waals surface area contributed by atoms with Crippen LogP contribution in [0.4, 0.5) is 0 Å². The molecule has 0 bridgehead atoms. The van der Waals surface area contributed by atoms with Gasteiger partial charge in [0.15, 0.2) is 0 Å². The molecule has 0 aromatic rings. The molecule has 0 aliphatic rings. The average molecular weight is 117 g/mol. The van der Waals surface area contributed by atoms with E-state index in [-0.39, 0.29) is 0 Å². The molecule has 0 N–H and O–H groups in total. The van der Waals surface area contributed by atoms with E-state index in [1.165, 1.54) is 5.06 Å². The zero-order chi connectivity index (χ0) is 6.41. The first-order valence-corrected chi connectivity index (χ1v) is 2.70. The number of hydrogen-bond donors (Lipinski definition) is 0. The first-order chi connectivity index (χ1) is 3.85. The van der Waals surface area contributed by atoms with E-state index in [1.807, 2.05) is 13.8 Å². The summed E-state index contributed by atoms with van der Waals surface area (Å²) in [6.07, 6.45) is 0.670. The molecular formula is C5H11NO2.